The molecule has 0 saturated heterocycles. The van der Waals surface area contributed by atoms with Gasteiger partial charge in [-0.25, -0.2) is 8.42 Å². The Morgan fingerprint density at radius 2 is 1.96 bits per heavy atom. The van der Waals surface area contributed by atoms with Crippen molar-refractivity contribution >= 4 is 27.2 Å². The first-order chi connectivity index (χ1) is 11.9. The Hall–Kier alpha value is -1.96. The molecule has 0 aromatic heterocycles. The molecule has 1 N–H and O–H groups in total. The highest BCUT2D eigenvalue weighted by Gasteiger charge is 2.65. The van der Waals surface area contributed by atoms with Crippen LogP contribution in [0.15, 0.2) is 12.1 Å². The van der Waals surface area contributed by atoms with Crippen LogP contribution in [0.3, 0.4) is 0 Å². The van der Waals surface area contributed by atoms with Gasteiger partial charge in [-0.05, 0) is 49.1 Å². The van der Waals surface area contributed by atoms with Crippen LogP contribution >= 0.6 is 0 Å². The van der Waals surface area contributed by atoms with Crippen molar-refractivity contribution in [1.82, 2.24) is 0 Å². The number of nitro groups is 1. The van der Waals surface area contributed by atoms with E-state index in [-0.39, 0.29) is 34.2 Å². The topological polar surface area (TPSA) is 106 Å². The number of rotatable bonds is 5. The minimum absolute atomic E-state index is 0.000692. The van der Waals surface area contributed by atoms with Gasteiger partial charge in [0.05, 0.1) is 16.1 Å². The van der Waals surface area contributed by atoms with Crippen molar-refractivity contribution in [1.29, 1.82) is 0 Å². The van der Waals surface area contributed by atoms with Crippen LogP contribution in [0, 0.1) is 40.7 Å². The number of hydrogen-bond acceptors (Lipinski definition) is 5. The van der Waals surface area contributed by atoms with Crippen molar-refractivity contribution in [2.75, 3.05) is 10.5 Å². The van der Waals surface area contributed by atoms with E-state index in [0.29, 0.717) is 24.0 Å². The molecule has 2 saturated carbocycles. The van der Waals surface area contributed by atoms with Crippen molar-refractivity contribution in [3.63, 3.8) is 0 Å². The molecule has 1 aromatic rings. The molecular weight excluding hydrogens is 356 g/mol. The molecular formula is C18H24N2O5S. The van der Waals surface area contributed by atoms with Gasteiger partial charge < -0.3 is 0 Å². The van der Waals surface area contributed by atoms with Gasteiger partial charge in [0.2, 0.25) is 10.0 Å². The monoisotopic (exact) mass is 380 g/mol. The fourth-order valence-corrected chi connectivity index (χ4v) is 6.82. The molecule has 7 nitrogen and oxygen atoms in total. The van der Waals surface area contributed by atoms with Crippen LogP contribution in [0.5, 0.6) is 0 Å². The highest BCUT2D eigenvalue weighted by Crippen LogP contribution is 2.64. The first-order valence-corrected chi connectivity index (χ1v) is 10.3. The summed E-state index contributed by atoms with van der Waals surface area (Å²) in [5, 5.41) is 11.4. The Balaban J connectivity index is 1.97. The van der Waals surface area contributed by atoms with Crippen LogP contribution < -0.4 is 4.72 Å². The van der Waals surface area contributed by atoms with Gasteiger partial charge >= 0.3 is 0 Å². The maximum absolute atomic E-state index is 12.9. The summed E-state index contributed by atoms with van der Waals surface area (Å²) in [5.41, 5.74) is -0.413. The summed E-state index contributed by atoms with van der Waals surface area (Å²) >= 11 is 0. The lowest BCUT2D eigenvalue weighted by molar-refractivity contribution is -0.384. The maximum Gasteiger partial charge on any atom is 0.293 e. The first-order valence-electron chi connectivity index (χ1n) is 8.69. The molecule has 8 heteroatoms. The summed E-state index contributed by atoms with van der Waals surface area (Å²) in [6.45, 7) is 7.28. The average molecular weight is 380 g/mol. The summed E-state index contributed by atoms with van der Waals surface area (Å²) in [5.74, 6) is -0.118. The first kappa shape index (κ1) is 18.8. The summed E-state index contributed by atoms with van der Waals surface area (Å²) in [7, 11) is -3.93. The van der Waals surface area contributed by atoms with Crippen LogP contribution in [-0.2, 0) is 14.8 Å². The number of nitro benzene ring substituents is 1. The van der Waals surface area contributed by atoms with Gasteiger partial charge in [-0.15, -0.1) is 0 Å². The Labute approximate surface area is 153 Å². The maximum atomic E-state index is 12.9. The van der Waals surface area contributed by atoms with Gasteiger partial charge in [0.25, 0.3) is 5.69 Å². The second-order valence-electron chi connectivity index (χ2n) is 8.26. The van der Waals surface area contributed by atoms with Crippen molar-refractivity contribution in [3.05, 3.63) is 33.4 Å². The molecule has 0 spiro atoms. The van der Waals surface area contributed by atoms with E-state index in [2.05, 4.69) is 4.72 Å². The fourth-order valence-electron chi connectivity index (χ4n) is 4.85. The number of nitrogens with zero attached hydrogens (tertiary/aromatic N) is 1. The minimum Gasteiger partial charge on any atom is -0.299 e. The normalized spacial score (nSPS) is 26.9. The summed E-state index contributed by atoms with van der Waals surface area (Å²) in [4.78, 5) is 23.4. The molecule has 142 valence electrons. The number of fused-ring (bicyclic) bond motifs is 2. The van der Waals surface area contributed by atoms with Crippen molar-refractivity contribution in [2.45, 2.75) is 47.0 Å². The van der Waals surface area contributed by atoms with Gasteiger partial charge in [-0.3, -0.25) is 19.6 Å². The smallest absolute Gasteiger partial charge is 0.293 e. The van der Waals surface area contributed by atoms with E-state index in [4.69, 9.17) is 0 Å². The molecule has 0 heterocycles. The molecule has 2 unspecified atom stereocenters. The number of Topliss-reactive ketones (excluding diaryl/α,β-unsaturated/α-hetero) is 1. The van der Waals surface area contributed by atoms with Crippen molar-refractivity contribution in [3.8, 4) is 0 Å². The minimum atomic E-state index is -3.93. The van der Waals surface area contributed by atoms with Crippen LogP contribution in [0.25, 0.3) is 0 Å². The van der Waals surface area contributed by atoms with Gasteiger partial charge in [-0.2, -0.15) is 0 Å². The van der Waals surface area contributed by atoms with Crippen LogP contribution in [0.4, 0.5) is 11.4 Å². The molecule has 2 aliphatic rings. The molecule has 0 radical (unpaired) electrons. The molecule has 2 atom stereocenters. The van der Waals surface area contributed by atoms with Crippen LogP contribution in [0.1, 0.15) is 44.2 Å². The zero-order chi connectivity index (χ0) is 19.5. The number of benzene rings is 1. The second kappa shape index (κ2) is 5.77. The SMILES string of the molecule is Cc1cc(C)c(NS(=O)(=O)CC23CCC(CC2=O)C3(C)C)c([N+](=O)[O-])c1. The number of sulfonamides is 1. The summed E-state index contributed by atoms with van der Waals surface area (Å²) in [6, 6.07) is 3.04. The number of ketones is 1. The number of carbonyl (C=O) groups is 1. The van der Waals surface area contributed by atoms with Crippen LogP contribution in [0.2, 0.25) is 0 Å². The summed E-state index contributed by atoms with van der Waals surface area (Å²) < 4.78 is 28.2. The number of anilines is 1. The lowest BCUT2D eigenvalue weighted by Crippen LogP contribution is -2.43. The average Bonchev–Trinajstić information content (AvgIpc) is 2.83. The van der Waals surface area contributed by atoms with E-state index in [1.54, 1.807) is 19.9 Å². The molecule has 1 aromatic carbocycles. The number of aryl methyl sites for hydroxylation is 2. The molecule has 3 rings (SSSR count). The second-order valence-corrected chi connectivity index (χ2v) is 9.98. The standard InChI is InChI=1S/C18H24N2O5S/c1-11-7-12(2)16(14(8-11)20(22)23)19-26(24,25)10-18-6-5-13(9-15(18)21)17(18,3)4/h7-8,13,19H,5-6,9-10H2,1-4H3. The van der Waals surface area contributed by atoms with E-state index >= 15 is 0 Å². The quantitative estimate of drug-likeness (QED) is 0.623. The zero-order valence-corrected chi connectivity index (χ0v) is 16.3. The predicted octanol–water partition coefficient (Wildman–Crippen LogP) is 3.35. The Bertz CT molecular complexity index is 906. The number of nitrogens with one attached hydrogen (secondary N) is 1. The molecule has 26 heavy (non-hydrogen) atoms. The molecule has 0 aliphatic heterocycles. The van der Waals surface area contributed by atoms with E-state index in [9.17, 15) is 23.3 Å². The number of carbonyl (C=O) groups excluding carboxylic acids is 1. The molecule has 0 amide bonds. The largest absolute Gasteiger partial charge is 0.299 e. The van der Waals surface area contributed by atoms with Gasteiger partial charge in [0.15, 0.2) is 0 Å². The molecule has 2 fully saturated rings. The zero-order valence-electron chi connectivity index (χ0n) is 15.5. The highest BCUT2D eigenvalue weighted by atomic mass is 32.2. The van der Waals surface area contributed by atoms with Crippen molar-refractivity contribution in [2.24, 2.45) is 16.7 Å². The van der Waals surface area contributed by atoms with Gasteiger partial charge in [0.1, 0.15) is 11.5 Å². The third kappa shape index (κ3) is 2.71. The van der Waals surface area contributed by atoms with E-state index in [1.165, 1.54) is 6.07 Å². The third-order valence-corrected chi connectivity index (χ3v) is 7.88. The molecule has 2 bridgehead atoms. The Kier molecular flexibility index (Phi) is 4.18. The van der Waals surface area contributed by atoms with E-state index in [1.807, 2.05) is 13.8 Å². The Morgan fingerprint density at radius 3 is 2.46 bits per heavy atom. The lowest BCUT2D eigenvalue weighted by atomic mass is 9.70. The van der Waals surface area contributed by atoms with Gasteiger partial charge in [0, 0.05) is 12.5 Å². The number of hydrogen-bond donors (Lipinski definition) is 1. The van der Waals surface area contributed by atoms with E-state index < -0.39 is 20.4 Å². The highest BCUT2D eigenvalue weighted by molar-refractivity contribution is 7.92. The Morgan fingerprint density at radius 1 is 1.31 bits per heavy atom. The van der Waals surface area contributed by atoms with Gasteiger partial charge in [-0.1, -0.05) is 19.9 Å². The van der Waals surface area contributed by atoms with E-state index in [0.717, 1.165) is 6.42 Å². The predicted molar refractivity (Wildman–Crippen MR) is 98.5 cm³/mol. The lowest BCUT2D eigenvalue weighted by Gasteiger charge is -2.36. The summed E-state index contributed by atoms with van der Waals surface area (Å²) in [6.07, 6.45) is 1.82. The molecule has 2 aliphatic carbocycles. The van der Waals surface area contributed by atoms with Crippen molar-refractivity contribution < 1.29 is 18.1 Å². The fraction of sp³-hybridized carbons (Fsp3) is 0.611. The third-order valence-electron chi connectivity index (χ3n) is 6.49. The van der Waals surface area contributed by atoms with Crippen LogP contribution in [-0.4, -0.2) is 24.9 Å².